The standard InChI is InChI=1S/C30H21B.C4H11N/c1-4-16-25-22(10-1)13-7-19-28(25)31(29-20-8-14-23-11-2-5-17-26(23)29)30-21-9-15-24-12-3-6-18-27(24)30;1-2-3-4-5/h1-21H;2-5H2,1H3. The Balaban J connectivity index is 0.000000489. The lowest BCUT2D eigenvalue weighted by Crippen LogP contribution is -2.52. The summed E-state index contributed by atoms with van der Waals surface area (Å²) < 4.78 is 0. The lowest BCUT2D eigenvalue weighted by molar-refractivity contribution is 0.807. The van der Waals surface area contributed by atoms with Crippen molar-refractivity contribution in [2.45, 2.75) is 19.8 Å². The molecular weight excluding hydrogens is 433 g/mol. The van der Waals surface area contributed by atoms with E-state index >= 15 is 0 Å². The smallest absolute Gasteiger partial charge is 0.243 e. The second-order valence-electron chi connectivity index (χ2n) is 9.28. The van der Waals surface area contributed by atoms with Gasteiger partial charge in [0, 0.05) is 0 Å². The van der Waals surface area contributed by atoms with Gasteiger partial charge >= 0.3 is 0 Å². The molecule has 0 heterocycles. The summed E-state index contributed by atoms with van der Waals surface area (Å²) >= 11 is 0. The van der Waals surface area contributed by atoms with E-state index in [1.165, 1.54) is 61.5 Å². The summed E-state index contributed by atoms with van der Waals surface area (Å²) in [4.78, 5) is 0. The van der Waals surface area contributed by atoms with Gasteiger partial charge in [-0.15, -0.1) is 0 Å². The molecule has 0 fully saturated rings. The van der Waals surface area contributed by atoms with Crippen molar-refractivity contribution in [2.75, 3.05) is 6.54 Å². The van der Waals surface area contributed by atoms with Crippen LogP contribution < -0.4 is 22.1 Å². The van der Waals surface area contributed by atoms with Gasteiger partial charge < -0.3 is 5.73 Å². The van der Waals surface area contributed by atoms with Gasteiger partial charge in [0.2, 0.25) is 6.71 Å². The first-order chi connectivity index (χ1) is 17.8. The lowest BCUT2D eigenvalue weighted by atomic mass is 9.35. The first-order valence-electron chi connectivity index (χ1n) is 12.9. The molecule has 1 nitrogen and oxygen atoms in total. The van der Waals surface area contributed by atoms with Crippen LogP contribution in [0.3, 0.4) is 0 Å². The van der Waals surface area contributed by atoms with Gasteiger partial charge in [-0.05, 0) is 45.3 Å². The Hall–Kier alpha value is -3.88. The maximum atomic E-state index is 5.14. The fourth-order valence-electron chi connectivity index (χ4n) is 5.21. The molecule has 0 saturated heterocycles. The van der Waals surface area contributed by atoms with Gasteiger partial charge in [0.15, 0.2) is 0 Å². The third kappa shape index (κ3) is 4.78. The number of unbranched alkanes of at least 4 members (excludes halogenated alkanes) is 1. The third-order valence-electron chi connectivity index (χ3n) is 6.96. The van der Waals surface area contributed by atoms with Crippen LogP contribution in [0, 0.1) is 0 Å². The van der Waals surface area contributed by atoms with Gasteiger partial charge in [-0.3, -0.25) is 0 Å². The van der Waals surface area contributed by atoms with Crippen molar-refractivity contribution in [3.63, 3.8) is 0 Å². The zero-order valence-corrected chi connectivity index (χ0v) is 20.9. The molecule has 176 valence electrons. The predicted octanol–water partition coefficient (Wildman–Crippen LogP) is 6.41. The maximum absolute atomic E-state index is 5.14. The van der Waals surface area contributed by atoms with E-state index in [2.05, 4.69) is 134 Å². The van der Waals surface area contributed by atoms with Crippen LogP contribution in [0.5, 0.6) is 0 Å². The number of benzene rings is 6. The minimum Gasteiger partial charge on any atom is -0.330 e. The highest BCUT2D eigenvalue weighted by molar-refractivity contribution is 6.99. The largest absolute Gasteiger partial charge is 0.330 e. The molecule has 6 rings (SSSR count). The highest BCUT2D eigenvalue weighted by Crippen LogP contribution is 2.18. The van der Waals surface area contributed by atoms with Crippen LogP contribution in [-0.4, -0.2) is 13.3 Å². The van der Waals surface area contributed by atoms with Crippen LogP contribution in [0.15, 0.2) is 127 Å². The van der Waals surface area contributed by atoms with Gasteiger partial charge in [-0.1, -0.05) is 157 Å². The molecule has 6 aromatic rings. The topological polar surface area (TPSA) is 26.0 Å². The summed E-state index contributed by atoms with van der Waals surface area (Å²) in [5, 5.41) is 7.80. The molecule has 0 bridgehead atoms. The van der Waals surface area contributed by atoms with Crippen LogP contribution in [-0.2, 0) is 0 Å². The van der Waals surface area contributed by atoms with Crippen LogP contribution >= 0.6 is 0 Å². The van der Waals surface area contributed by atoms with Crippen molar-refractivity contribution in [3.8, 4) is 0 Å². The number of rotatable bonds is 5. The minimum atomic E-state index is 0.142. The normalized spacial score (nSPS) is 10.8. The molecule has 0 aliphatic heterocycles. The summed E-state index contributed by atoms with van der Waals surface area (Å²) in [6, 6.07) is 46.3. The van der Waals surface area contributed by atoms with Gasteiger partial charge in [0.1, 0.15) is 0 Å². The summed E-state index contributed by atoms with van der Waals surface area (Å²) in [5.41, 5.74) is 9.20. The summed E-state index contributed by atoms with van der Waals surface area (Å²) in [7, 11) is 0. The van der Waals surface area contributed by atoms with E-state index < -0.39 is 0 Å². The van der Waals surface area contributed by atoms with E-state index in [1.807, 2.05) is 0 Å². The van der Waals surface area contributed by atoms with Gasteiger partial charge in [-0.2, -0.15) is 0 Å². The van der Waals surface area contributed by atoms with E-state index in [0.29, 0.717) is 0 Å². The summed E-state index contributed by atoms with van der Waals surface area (Å²) in [5.74, 6) is 0. The first kappa shape index (κ1) is 23.8. The minimum absolute atomic E-state index is 0.142. The fraction of sp³-hybridized carbons (Fsp3) is 0.118. The monoisotopic (exact) mass is 465 g/mol. The molecule has 0 unspecified atom stereocenters. The molecule has 0 amide bonds. The Morgan fingerprint density at radius 1 is 0.472 bits per heavy atom. The Labute approximate surface area is 214 Å². The van der Waals surface area contributed by atoms with Crippen molar-refractivity contribution in [3.05, 3.63) is 127 Å². The molecule has 0 aliphatic rings. The summed E-state index contributed by atoms with van der Waals surface area (Å²) in [6.07, 6.45) is 2.39. The molecule has 2 heteroatoms. The SMILES string of the molecule is CCCCN.c1ccc2c(B(c3cccc4ccccc34)c3cccc4ccccc34)cccc2c1. The summed E-state index contributed by atoms with van der Waals surface area (Å²) in [6.45, 7) is 3.12. The number of hydrogen-bond donors (Lipinski definition) is 1. The van der Waals surface area contributed by atoms with Gasteiger partial charge in [0.25, 0.3) is 0 Å². The van der Waals surface area contributed by atoms with E-state index in [4.69, 9.17) is 5.73 Å². The highest BCUT2D eigenvalue weighted by Gasteiger charge is 2.26. The average molecular weight is 465 g/mol. The van der Waals surface area contributed by atoms with Gasteiger partial charge in [-0.25, -0.2) is 0 Å². The molecule has 0 atom stereocenters. The third-order valence-corrected chi connectivity index (χ3v) is 6.96. The van der Waals surface area contributed by atoms with Crippen LogP contribution in [0.1, 0.15) is 19.8 Å². The van der Waals surface area contributed by atoms with Crippen molar-refractivity contribution in [1.29, 1.82) is 0 Å². The Bertz CT molecular complexity index is 1400. The van der Waals surface area contributed by atoms with Crippen molar-refractivity contribution in [1.82, 2.24) is 0 Å². The molecular formula is C34H32BN. The van der Waals surface area contributed by atoms with E-state index in [0.717, 1.165) is 6.54 Å². The second kappa shape index (κ2) is 11.2. The van der Waals surface area contributed by atoms with Crippen molar-refractivity contribution < 1.29 is 0 Å². The number of hydrogen-bond acceptors (Lipinski definition) is 1. The second-order valence-corrected chi connectivity index (χ2v) is 9.28. The molecule has 0 aliphatic carbocycles. The van der Waals surface area contributed by atoms with Crippen LogP contribution in [0.25, 0.3) is 32.3 Å². The highest BCUT2D eigenvalue weighted by atomic mass is 14.5. The first-order valence-corrected chi connectivity index (χ1v) is 12.9. The number of fused-ring (bicyclic) bond motifs is 3. The Morgan fingerprint density at radius 2 is 0.806 bits per heavy atom. The molecule has 0 spiro atoms. The molecule has 0 aromatic heterocycles. The maximum Gasteiger partial charge on any atom is 0.243 e. The molecule has 0 saturated carbocycles. The quantitative estimate of drug-likeness (QED) is 0.293. The van der Waals surface area contributed by atoms with E-state index in [9.17, 15) is 0 Å². The number of nitrogens with two attached hydrogens (primary N) is 1. The fourth-order valence-corrected chi connectivity index (χ4v) is 5.21. The molecule has 2 N–H and O–H groups in total. The Kier molecular flexibility index (Phi) is 7.45. The van der Waals surface area contributed by atoms with Gasteiger partial charge in [0.05, 0.1) is 0 Å². The van der Waals surface area contributed by atoms with E-state index in [1.54, 1.807) is 0 Å². The van der Waals surface area contributed by atoms with Crippen molar-refractivity contribution >= 4 is 55.4 Å². The van der Waals surface area contributed by atoms with Crippen LogP contribution in [0.2, 0.25) is 0 Å². The van der Waals surface area contributed by atoms with Crippen LogP contribution in [0.4, 0.5) is 0 Å². The molecule has 0 radical (unpaired) electrons. The zero-order chi connectivity index (χ0) is 24.7. The molecule has 6 aromatic carbocycles. The predicted molar refractivity (Wildman–Crippen MR) is 160 cm³/mol. The molecule has 36 heavy (non-hydrogen) atoms. The lowest BCUT2D eigenvalue weighted by Gasteiger charge is -2.21. The van der Waals surface area contributed by atoms with Crippen molar-refractivity contribution in [2.24, 2.45) is 5.73 Å². The zero-order valence-electron chi connectivity index (χ0n) is 20.9. The Morgan fingerprint density at radius 3 is 1.11 bits per heavy atom. The van der Waals surface area contributed by atoms with E-state index in [-0.39, 0.29) is 6.71 Å². The average Bonchev–Trinajstić information content (AvgIpc) is 2.94.